The molecule has 0 N–H and O–H groups in total. The zero-order valence-corrected chi connectivity index (χ0v) is 24.9. The fourth-order valence-corrected chi connectivity index (χ4v) is 9.80. The van der Waals surface area contributed by atoms with Gasteiger partial charge in [-0.2, -0.15) is 0 Å². The van der Waals surface area contributed by atoms with E-state index in [2.05, 4.69) is 34.6 Å². The molecule has 0 aromatic rings. The maximum Gasteiger partial charge on any atom is 0.306 e. The number of hydrogen-bond acceptors (Lipinski definition) is 3. The molecule has 7 atom stereocenters. The van der Waals surface area contributed by atoms with Gasteiger partial charge in [0, 0.05) is 6.42 Å². The summed E-state index contributed by atoms with van der Waals surface area (Å²) in [4.78, 5) is 12.7. The second-order valence-electron chi connectivity index (χ2n) is 15.1. The Bertz CT molecular complexity index is 756. The molecule has 0 aromatic heterocycles. The van der Waals surface area contributed by atoms with Gasteiger partial charge in [-0.25, -0.2) is 0 Å². The third-order valence-corrected chi connectivity index (χ3v) is 11.8. The van der Waals surface area contributed by atoms with Crippen LogP contribution >= 0.6 is 0 Å². The minimum atomic E-state index is -0.570. The van der Waals surface area contributed by atoms with Gasteiger partial charge in [0.15, 0.2) is 0 Å². The Kier molecular flexibility index (Phi) is 8.61. The summed E-state index contributed by atoms with van der Waals surface area (Å²) in [6.45, 7) is 16.2. The summed E-state index contributed by atoms with van der Waals surface area (Å²) in [5.74, 6) is 4.62. The Balaban J connectivity index is 1.26. The van der Waals surface area contributed by atoms with Crippen molar-refractivity contribution in [2.45, 2.75) is 156 Å². The molecule has 4 fully saturated rings. The molecule has 208 valence electrons. The lowest BCUT2D eigenvalue weighted by molar-refractivity contribution is -0.169. The Morgan fingerprint density at radius 3 is 2.36 bits per heavy atom. The topological polar surface area (TPSA) is 35.5 Å². The van der Waals surface area contributed by atoms with Crippen LogP contribution in [0, 0.1) is 40.4 Å². The minimum Gasteiger partial charge on any atom is -0.457 e. The number of fused-ring (bicyclic) bond motifs is 5. The van der Waals surface area contributed by atoms with Crippen molar-refractivity contribution in [3.05, 3.63) is 0 Å². The SMILES string of the molecule is CCCC(C)(C)OCC(C)(C)OC(=O)CCCC1CCC2[C@@H]3CC[C@@H]4CCCC[C@]4(C)C3CC[C@]12C. The lowest BCUT2D eigenvalue weighted by Crippen LogP contribution is -2.52. The largest absolute Gasteiger partial charge is 0.457 e. The molecule has 0 heterocycles. The number of esters is 1. The van der Waals surface area contributed by atoms with Gasteiger partial charge in [-0.3, -0.25) is 4.79 Å². The average Bonchev–Trinajstić information content (AvgIpc) is 3.13. The van der Waals surface area contributed by atoms with Crippen LogP contribution in [0.3, 0.4) is 0 Å². The molecule has 3 nitrogen and oxygen atoms in total. The van der Waals surface area contributed by atoms with Gasteiger partial charge in [0.25, 0.3) is 0 Å². The summed E-state index contributed by atoms with van der Waals surface area (Å²) in [7, 11) is 0. The third-order valence-electron chi connectivity index (χ3n) is 11.8. The molecular weight excluding hydrogens is 444 g/mol. The van der Waals surface area contributed by atoms with Crippen LogP contribution in [0.1, 0.15) is 145 Å². The maximum absolute atomic E-state index is 12.7. The number of rotatable bonds is 10. The molecule has 4 rings (SSSR count). The molecule has 0 aliphatic heterocycles. The van der Waals surface area contributed by atoms with Gasteiger partial charge in [0.1, 0.15) is 5.60 Å². The van der Waals surface area contributed by atoms with Gasteiger partial charge in [-0.05, 0) is 139 Å². The van der Waals surface area contributed by atoms with Crippen molar-refractivity contribution in [2.24, 2.45) is 40.4 Å². The molecule has 0 aromatic carbocycles. The first-order valence-electron chi connectivity index (χ1n) is 15.8. The van der Waals surface area contributed by atoms with Gasteiger partial charge in [-0.15, -0.1) is 0 Å². The summed E-state index contributed by atoms with van der Waals surface area (Å²) in [5, 5.41) is 0. The highest BCUT2D eigenvalue weighted by molar-refractivity contribution is 5.69. The first-order chi connectivity index (χ1) is 16.9. The third kappa shape index (κ3) is 5.86. The minimum absolute atomic E-state index is 0.0520. The number of ether oxygens (including phenoxy) is 2. The van der Waals surface area contributed by atoms with Crippen LogP contribution in [-0.4, -0.2) is 23.8 Å². The van der Waals surface area contributed by atoms with Crippen molar-refractivity contribution in [3.63, 3.8) is 0 Å². The molecule has 0 saturated heterocycles. The van der Waals surface area contributed by atoms with Crippen LogP contribution in [0.4, 0.5) is 0 Å². The highest BCUT2D eigenvalue weighted by Crippen LogP contribution is 2.67. The average molecular weight is 503 g/mol. The number of hydrogen-bond donors (Lipinski definition) is 0. The van der Waals surface area contributed by atoms with Crippen LogP contribution in [0.15, 0.2) is 0 Å². The van der Waals surface area contributed by atoms with Crippen molar-refractivity contribution >= 4 is 5.97 Å². The smallest absolute Gasteiger partial charge is 0.306 e. The summed E-state index contributed by atoms with van der Waals surface area (Å²) < 4.78 is 12.0. The van der Waals surface area contributed by atoms with Crippen LogP contribution in [0.2, 0.25) is 0 Å². The van der Waals surface area contributed by atoms with E-state index >= 15 is 0 Å². The molecule has 0 bridgehead atoms. The standard InChI is InChI=1S/C33H58O3/c1-8-20-30(2,3)35-23-31(4,5)36-29(34)14-11-13-25-16-18-27-26-17-15-24-12-9-10-21-32(24,6)28(26)19-22-33(25,27)7/h24-28H,8-23H2,1-7H3/t24-,25?,26-,27?,28?,32-,33+/m0/s1. The Morgan fingerprint density at radius 2 is 1.61 bits per heavy atom. The lowest BCUT2D eigenvalue weighted by Gasteiger charge is -2.60. The first kappa shape index (κ1) is 28.4. The van der Waals surface area contributed by atoms with Crippen molar-refractivity contribution in [1.29, 1.82) is 0 Å². The van der Waals surface area contributed by atoms with Crippen molar-refractivity contribution in [2.75, 3.05) is 6.61 Å². The molecule has 3 unspecified atom stereocenters. The van der Waals surface area contributed by atoms with Gasteiger partial charge in [0.05, 0.1) is 12.2 Å². The van der Waals surface area contributed by atoms with Gasteiger partial charge < -0.3 is 9.47 Å². The highest BCUT2D eigenvalue weighted by Gasteiger charge is 2.59. The van der Waals surface area contributed by atoms with E-state index in [9.17, 15) is 4.79 Å². The fourth-order valence-electron chi connectivity index (χ4n) is 9.80. The van der Waals surface area contributed by atoms with Crippen LogP contribution in [0.5, 0.6) is 0 Å². The van der Waals surface area contributed by atoms with E-state index in [1.807, 2.05) is 13.8 Å². The number of carbonyl (C=O) groups excluding carboxylic acids is 1. The molecule has 4 saturated carbocycles. The summed E-state index contributed by atoms with van der Waals surface area (Å²) in [5.41, 5.74) is 0.395. The summed E-state index contributed by atoms with van der Waals surface area (Å²) in [6, 6.07) is 0. The molecule has 3 heteroatoms. The van der Waals surface area contributed by atoms with Gasteiger partial charge in [0.2, 0.25) is 0 Å². The predicted molar refractivity (Wildman–Crippen MR) is 149 cm³/mol. The van der Waals surface area contributed by atoms with E-state index in [0.717, 1.165) is 48.9 Å². The second-order valence-corrected chi connectivity index (χ2v) is 15.1. The molecule has 0 radical (unpaired) electrons. The zero-order valence-electron chi connectivity index (χ0n) is 24.9. The molecule has 4 aliphatic carbocycles. The van der Waals surface area contributed by atoms with Gasteiger partial charge in [-0.1, -0.05) is 40.0 Å². The Hall–Kier alpha value is -0.570. The molecule has 0 spiro atoms. The van der Waals surface area contributed by atoms with E-state index in [4.69, 9.17) is 9.47 Å². The quantitative estimate of drug-likeness (QED) is 0.279. The summed E-state index contributed by atoms with van der Waals surface area (Å²) >= 11 is 0. The van der Waals surface area contributed by atoms with E-state index in [-0.39, 0.29) is 11.6 Å². The van der Waals surface area contributed by atoms with E-state index < -0.39 is 5.60 Å². The molecule has 0 amide bonds. The monoisotopic (exact) mass is 502 g/mol. The van der Waals surface area contributed by atoms with Crippen molar-refractivity contribution in [1.82, 2.24) is 0 Å². The van der Waals surface area contributed by atoms with E-state index in [1.54, 1.807) is 0 Å². The van der Waals surface area contributed by atoms with Crippen molar-refractivity contribution in [3.8, 4) is 0 Å². The Morgan fingerprint density at radius 1 is 0.861 bits per heavy atom. The van der Waals surface area contributed by atoms with Crippen LogP contribution < -0.4 is 0 Å². The van der Waals surface area contributed by atoms with Crippen LogP contribution in [-0.2, 0) is 14.3 Å². The lowest BCUT2D eigenvalue weighted by atomic mass is 9.45. The van der Waals surface area contributed by atoms with Crippen molar-refractivity contribution < 1.29 is 14.3 Å². The highest BCUT2D eigenvalue weighted by atomic mass is 16.6. The zero-order chi connectivity index (χ0) is 26.2. The molecule has 4 aliphatic rings. The van der Waals surface area contributed by atoms with E-state index in [0.29, 0.717) is 23.9 Å². The fraction of sp³-hybridized carbons (Fsp3) is 0.970. The summed E-state index contributed by atoms with van der Waals surface area (Å²) in [6.07, 6.45) is 19.5. The van der Waals surface area contributed by atoms with Crippen LogP contribution in [0.25, 0.3) is 0 Å². The Labute approximate surface area is 223 Å². The predicted octanol–water partition coefficient (Wildman–Crippen LogP) is 9.12. The second kappa shape index (κ2) is 10.9. The maximum atomic E-state index is 12.7. The van der Waals surface area contributed by atoms with E-state index in [1.165, 1.54) is 70.6 Å². The number of carbonyl (C=O) groups is 1. The molecular formula is C33H58O3. The molecule has 36 heavy (non-hydrogen) atoms. The first-order valence-corrected chi connectivity index (χ1v) is 15.8. The van der Waals surface area contributed by atoms with Gasteiger partial charge >= 0.3 is 5.97 Å². The normalized spacial score (nSPS) is 38.7.